The molecule has 0 saturated heterocycles. The fraction of sp³-hybridized carbons (Fsp3) is 0.625. The molecule has 0 fully saturated rings. The van der Waals surface area contributed by atoms with E-state index < -0.39 is 9.84 Å². The average molecular weight is 295 g/mol. The van der Waals surface area contributed by atoms with Crippen LogP contribution in [0.3, 0.4) is 0 Å². The van der Waals surface area contributed by atoms with Crippen LogP contribution in [0.2, 0.25) is 0 Å². The molecule has 3 nitrogen and oxygen atoms in total. The van der Waals surface area contributed by atoms with Gasteiger partial charge in [0.15, 0.2) is 9.84 Å². The van der Waals surface area contributed by atoms with E-state index in [1.54, 1.807) is 6.92 Å². The Balaban J connectivity index is 1.94. The van der Waals surface area contributed by atoms with Gasteiger partial charge in [0.2, 0.25) is 0 Å². The van der Waals surface area contributed by atoms with Crippen LogP contribution < -0.4 is 5.32 Å². The molecule has 1 aromatic rings. The van der Waals surface area contributed by atoms with Gasteiger partial charge in [-0.1, -0.05) is 25.1 Å². The van der Waals surface area contributed by atoms with Gasteiger partial charge in [-0.15, -0.1) is 0 Å². The molecule has 1 aromatic carbocycles. The van der Waals surface area contributed by atoms with Gasteiger partial charge >= 0.3 is 0 Å². The zero-order valence-corrected chi connectivity index (χ0v) is 13.3. The second-order valence-electron chi connectivity index (χ2n) is 5.65. The Hall–Kier alpha value is -0.870. The Morgan fingerprint density at radius 1 is 1.20 bits per heavy atom. The number of benzene rings is 1. The molecule has 1 N–H and O–H groups in total. The molecule has 0 heterocycles. The zero-order valence-electron chi connectivity index (χ0n) is 12.5. The van der Waals surface area contributed by atoms with Crippen molar-refractivity contribution in [3.05, 3.63) is 34.9 Å². The maximum absolute atomic E-state index is 11.5. The van der Waals surface area contributed by atoms with E-state index in [1.165, 1.54) is 42.4 Å². The summed E-state index contributed by atoms with van der Waals surface area (Å²) in [5.74, 6) is 0.445. The SMILES string of the molecule is CCS(=O)(=O)CCNC(C)c1ccc2c(c1)CCCC2. The van der Waals surface area contributed by atoms with E-state index in [2.05, 4.69) is 30.4 Å². The van der Waals surface area contributed by atoms with E-state index in [0.717, 1.165) is 0 Å². The van der Waals surface area contributed by atoms with Crippen LogP contribution in [0.5, 0.6) is 0 Å². The number of hydrogen-bond donors (Lipinski definition) is 1. The van der Waals surface area contributed by atoms with Crippen LogP contribution in [-0.4, -0.2) is 26.5 Å². The lowest BCUT2D eigenvalue weighted by Crippen LogP contribution is -2.26. The van der Waals surface area contributed by atoms with Crippen molar-refractivity contribution in [2.24, 2.45) is 0 Å². The third kappa shape index (κ3) is 4.06. The molecule has 112 valence electrons. The van der Waals surface area contributed by atoms with Crippen molar-refractivity contribution >= 4 is 9.84 Å². The monoisotopic (exact) mass is 295 g/mol. The second kappa shape index (κ2) is 6.72. The van der Waals surface area contributed by atoms with Gasteiger partial charge in [-0.25, -0.2) is 8.42 Å². The standard InChI is InChI=1S/C16H25NO2S/c1-3-20(18,19)11-10-17-13(2)15-9-8-14-6-4-5-7-16(14)12-15/h8-9,12-13,17H,3-7,10-11H2,1-2H3. The van der Waals surface area contributed by atoms with Gasteiger partial charge in [-0.05, 0) is 49.3 Å². The average Bonchev–Trinajstić information content (AvgIpc) is 2.46. The first-order valence-electron chi connectivity index (χ1n) is 7.57. The van der Waals surface area contributed by atoms with Gasteiger partial charge in [0.1, 0.15) is 0 Å². The number of nitrogens with one attached hydrogen (secondary N) is 1. The molecular weight excluding hydrogens is 270 g/mol. The normalized spacial score (nSPS) is 16.7. The third-order valence-corrected chi connectivity index (χ3v) is 5.88. The highest BCUT2D eigenvalue weighted by Gasteiger charge is 2.13. The highest BCUT2D eigenvalue weighted by molar-refractivity contribution is 7.91. The van der Waals surface area contributed by atoms with E-state index in [-0.39, 0.29) is 17.5 Å². The van der Waals surface area contributed by atoms with Crippen LogP contribution in [0, 0.1) is 0 Å². The van der Waals surface area contributed by atoms with Crippen molar-refractivity contribution in [3.63, 3.8) is 0 Å². The minimum absolute atomic E-state index is 0.203. The maximum atomic E-state index is 11.5. The van der Waals surface area contributed by atoms with Crippen LogP contribution in [0.4, 0.5) is 0 Å². The van der Waals surface area contributed by atoms with Gasteiger partial charge < -0.3 is 5.32 Å². The maximum Gasteiger partial charge on any atom is 0.151 e. The van der Waals surface area contributed by atoms with E-state index >= 15 is 0 Å². The molecule has 1 unspecified atom stereocenters. The number of hydrogen-bond acceptors (Lipinski definition) is 3. The highest BCUT2D eigenvalue weighted by atomic mass is 32.2. The first-order valence-corrected chi connectivity index (χ1v) is 9.39. The summed E-state index contributed by atoms with van der Waals surface area (Å²) in [4.78, 5) is 0. The van der Waals surface area contributed by atoms with Crippen LogP contribution in [0.1, 0.15) is 49.4 Å². The Morgan fingerprint density at radius 2 is 1.90 bits per heavy atom. The molecule has 1 atom stereocenters. The molecule has 0 aromatic heterocycles. The van der Waals surface area contributed by atoms with Gasteiger partial charge in [0.05, 0.1) is 5.75 Å². The van der Waals surface area contributed by atoms with Crippen molar-refractivity contribution in [1.29, 1.82) is 0 Å². The molecule has 0 bridgehead atoms. The number of aryl methyl sites for hydroxylation is 2. The largest absolute Gasteiger partial charge is 0.309 e. The van der Waals surface area contributed by atoms with E-state index in [1.807, 2.05) is 0 Å². The lowest BCUT2D eigenvalue weighted by molar-refractivity contribution is 0.572. The van der Waals surface area contributed by atoms with Gasteiger partial charge in [-0.3, -0.25) is 0 Å². The number of sulfone groups is 1. The molecule has 2 rings (SSSR count). The summed E-state index contributed by atoms with van der Waals surface area (Å²) in [7, 11) is -2.87. The fourth-order valence-electron chi connectivity index (χ4n) is 2.72. The van der Waals surface area contributed by atoms with Gasteiger partial charge in [-0.2, -0.15) is 0 Å². The van der Waals surface area contributed by atoms with Gasteiger partial charge in [0.25, 0.3) is 0 Å². The molecule has 0 amide bonds. The molecule has 1 aliphatic carbocycles. The third-order valence-electron chi connectivity index (χ3n) is 4.18. The Morgan fingerprint density at radius 3 is 2.60 bits per heavy atom. The fourth-order valence-corrected chi connectivity index (χ4v) is 3.43. The van der Waals surface area contributed by atoms with Crippen LogP contribution in [0.25, 0.3) is 0 Å². The Kier molecular flexibility index (Phi) is 5.22. The van der Waals surface area contributed by atoms with E-state index in [9.17, 15) is 8.42 Å². The van der Waals surface area contributed by atoms with Crippen molar-refractivity contribution in [2.45, 2.75) is 45.6 Å². The summed E-state index contributed by atoms with van der Waals surface area (Å²) in [6, 6.07) is 6.91. The first kappa shape index (κ1) is 15.5. The van der Waals surface area contributed by atoms with Crippen LogP contribution >= 0.6 is 0 Å². The quantitative estimate of drug-likeness (QED) is 0.877. The second-order valence-corrected chi connectivity index (χ2v) is 8.12. The first-order chi connectivity index (χ1) is 9.52. The topological polar surface area (TPSA) is 46.2 Å². The molecule has 20 heavy (non-hydrogen) atoms. The van der Waals surface area contributed by atoms with Crippen LogP contribution in [-0.2, 0) is 22.7 Å². The molecule has 4 heteroatoms. The number of fused-ring (bicyclic) bond motifs is 1. The summed E-state index contributed by atoms with van der Waals surface area (Å²) in [5, 5.41) is 3.32. The summed E-state index contributed by atoms with van der Waals surface area (Å²) in [6.45, 7) is 4.32. The lowest BCUT2D eigenvalue weighted by Gasteiger charge is -2.20. The molecule has 0 radical (unpaired) electrons. The smallest absolute Gasteiger partial charge is 0.151 e. The van der Waals surface area contributed by atoms with Crippen molar-refractivity contribution in [1.82, 2.24) is 5.32 Å². The predicted molar refractivity (Wildman–Crippen MR) is 83.8 cm³/mol. The van der Waals surface area contributed by atoms with Crippen molar-refractivity contribution in [2.75, 3.05) is 18.1 Å². The summed E-state index contributed by atoms with van der Waals surface area (Å²) < 4.78 is 22.9. The Bertz CT molecular complexity index is 552. The molecule has 0 aliphatic heterocycles. The molecular formula is C16H25NO2S. The van der Waals surface area contributed by atoms with Gasteiger partial charge in [0, 0.05) is 18.3 Å². The molecule has 0 spiro atoms. The molecule has 0 saturated carbocycles. The summed E-state index contributed by atoms with van der Waals surface area (Å²) in [6.07, 6.45) is 4.97. The van der Waals surface area contributed by atoms with Crippen LogP contribution in [0.15, 0.2) is 18.2 Å². The summed E-state index contributed by atoms with van der Waals surface area (Å²) >= 11 is 0. The van der Waals surface area contributed by atoms with Crippen molar-refractivity contribution < 1.29 is 8.42 Å². The number of rotatable bonds is 6. The van der Waals surface area contributed by atoms with E-state index in [0.29, 0.717) is 6.54 Å². The zero-order chi connectivity index (χ0) is 14.6. The minimum atomic E-state index is -2.87. The predicted octanol–water partition coefficient (Wildman–Crippen LogP) is 2.65. The Labute approximate surface area is 122 Å². The highest BCUT2D eigenvalue weighted by Crippen LogP contribution is 2.24. The summed E-state index contributed by atoms with van der Waals surface area (Å²) in [5.41, 5.74) is 4.23. The molecule has 1 aliphatic rings. The lowest BCUT2D eigenvalue weighted by atomic mass is 9.89. The minimum Gasteiger partial charge on any atom is -0.309 e. The van der Waals surface area contributed by atoms with Crippen molar-refractivity contribution in [3.8, 4) is 0 Å². The van der Waals surface area contributed by atoms with E-state index in [4.69, 9.17) is 0 Å².